The number of carbonyl (C=O) groups excluding carboxylic acids is 1. The number of rotatable bonds is 8. The van der Waals surface area contributed by atoms with E-state index in [1.54, 1.807) is 4.72 Å². The highest BCUT2D eigenvalue weighted by Gasteiger charge is 2.36. The molecule has 0 unspecified atom stereocenters. The molecule has 0 atom stereocenters. The second-order valence-corrected chi connectivity index (χ2v) is 7.36. The molecule has 0 heterocycles. The fourth-order valence-corrected chi connectivity index (χ4v) is 3.48. The Morgan fingerprint density at radius 2 is 1.76 bits per heavy atom. The molecule has 12 heteroatoms. The Morgan fingerprint density at radius 1 is 1.07 bits per heavy atom. The normalized spacial score (nSPS) is 12.1. The van der Waals surface area contributed by atoms with Gasteiger partial charge in [0.05, 0.1) is 17.0 Å². The van der Waals surface area contributed by atoms with Crippen LogP contribution in [-0.4, -0.2) is 27.5 Å². The molecule has 0 fully saturated rings. The molecule has 158 valence electrons. The Labute approximate surface area is 162 Å². The fourth-order valence-electron chi connectivity index (χ4n) is 2.27. The van der Waals surface area contributed by atoms with Gasteiger partial charge < -0.3 is 10.1 Å². The molecule has 0 spiro atoms. The van der Waals surface area contributed by atoms with Gasteiger partial charge in [-0.3, -0.25) is 4.79 Å². The van der Waals surface area contributed by atoms with E-state index < -0.39 is 45.7 Å². The molecule has 0 aromatic heterocycles. The lowest BCUT2D eigenvalue weighted by molar-refractivity contribution is -0.139. The number of carbonyl (C=O) groups is 1. The molecule has 0 bridgehead atoms. The zero-order valence-electron chi connectivity index (χ0n) is 14.5. The zero-order valence-corrected chi connectivity index (χ0v) is 15.4. The topological polar surface area (TPSA) is 84.5 Å². The number of alkyl halides is 5. The van der Waals surface area contributed by atoms with Crippen LogP contribution in [0.5, 0.6) is 5.75 Å². The minimum atomic E-state index is -4.89. The van der Waals surface area contributed by atoms with E-state index in [0.29, 0.717) is 11.6 Å². The molecule has 0 saturated carbocycles. The number of amides is 1. The first-order valence-electron chi connectivity index (χ1n) is 7.95. The molecular weight excluding hydrogens is 423 g/mol. The Bertz CT molecular complexity index is 964. The fraction of sp³-hybridized carbons (Fsp3) is 0.235. The predicted octanol–water partition coefficient (Wildman–Crippen LogP) is 2.90. The second-order valence-electron chi connectivity index (χ2n) is 5.62. The lowest BCUT2D eigenvalue weighted by Crippen LogP contribution is -2.37. The molecule has 2 aromatic carbocycles. The van der Waals surface area contributed by atoms with Crippen molar-refractivity contribution < 1.29 is 39.9 Å². The van der Waals surface area contributed by atoms with E-state index in [-0.39, 0.29) is 12.3 Å². The number of hydrogen-bond donors (Lipinski definition) is 2. The van der Waals surface area contributed by atoms with Crippen molar-refractivity contribution in [1.29, 1.82) is 0 Å². The number of nitrogens with one attached hydrogen (secondary N) is 2. The van der Waals surface area contributed by atoms with Crippen molar-refractivity contribution in [1.82, 2.24) is 10.0 Å². The number of benzene rings is 2. The molecule has 2 aromatic rings. The van der Waals surface area contributed by atoms with Gasteiger partial charge in [-0.25, -0.2) is 13.1 Å². The molecule has 2 rings (SSSR count). The summed E-state index contributed by atoms with van der Waals surface area (Å²) in [4.78, 5) is 10.8. The van der Waals surface area contributed by atoms with Gasteiger partial charge in [0, 0.05) is 6.54 Å². The maximum absolute atomic E-state index is 13.0. The lowest BCUT2D eigenvalue weighted by Gasteiger charge is -2.13. The van der Waals surface area contributed by atoms with Crippen molar-refractivity contribution >= 4 is 15.9 Å². The van der Waals surface area contributed by atoms with Gasteiger partial charge in [0.2, 0.25) is 15.9 Å². The van der Waals surface area contributed by atoms with Crippen LogP contribution in [0.15, 0.2) is 53.4 Å². The van der Waals surface area contributed by atoms with Crippen LogP contribution < -0.4 is 14.8 Å². The van der Waals surface area contributed by atoms with Crippen molar-refractivity contribution in [3.05, 3.63) is 59.7 Å². The smallest absolute Gasteiger partial charge is 0.417 e. The van der Waals surface area contributed by atoms with Crippen LogP contribution in [0.4, 0.5) is 22.0 Å². The van der Waals surface area contributed by atoms with Gasteiger partial charge in [-0.05, 0) is 29.8 Å². The van der Waals surface area contributed by atoms with Crippen LogP contribution in [0, 0.1) is 0 Å². The van der Waals surface area contributed by atoms with Gasteiger partial charge in [0.15, 0.2) is 0 Å². The molecule has 0 aliphatic rings. The van der Waals surface area contributed by atoms with Crippen LogP contribution in [0.3, 0.4) is 0 Å². The van der Waals surface area contributed by atoms with E-state index in [1.165, 1.54) is 24.3 Å². The van der Waals surface area contributed by atoms with E-state index in [1.807, 2.05) is 0 Å². The SMILES string of the molecule is O=C(CNS(=O)(=O)c1ccccc1C(F)(F)F)NCc1cccc(OC(F)F)c1. The lowest BCUT2D eigenvalue weighted by atomic mass is 10.2. The summed E-state index contributed by atoms with van der Waals surface area (Å²) in [6, 6.07) is 9.00. The molecule has 2 N–H and O–H groups in total. The molecule has 0 aliphatic heterocycles. The summed E-state index contributed by atoms with van der Waals surface area (Å²) in [7, 11) is -4.61. The Balaban J connectivity index is 1.97. The highest BCUT2D eigenvalue weighted by Crippen LogP contribution is 2.33. The van der Waals surface area contributed by atoms with Crippen molar-refractivity contribution in [2.75, 3.05) is 6.54 Å². The summed E-state index contributed by atoms with van der Waals surface area (Å²) in [5.74, 6) is -0.963. The Morgan fingerprint density at radius 3 is 2.41 bits per heavy atom. The van der Waals surface area contributed by atoms with E-state index >= 15 is 0 Å². The van der Waals surface area contributed by atoms with Crippen molar-refractivity contribution in [2.24, 2.45) is 0 Å². The van der Waals surface area contributed by atoms with Crippen molar-refractivity contribution in [3.63, 3.8) is 0 Å². The average Bonchev–Trinajstić information content (AvgIpc) is 2.64. The van der Waals surface area contributed by atoms with Crippen LogP contribution in [0.25, 0.3) is 0 Å². The third kappa shape index (κ3) is 6.68. The molecule has 0 aliphatic carbocycles. The van der Waals surface area contributed by atoms with Crippen molar-refractivity contribution in [3.8, 4) is 5.75 Å². The maximum Gasteiger partial charge on any atom is 0.417 e. The quantitative estimate of drug-likeness (QED) is 0.621. The highest BCUT2D eigenvalue weighted by molar-refractivity contribution is 7.89. The highest BCUT2D eigenvalue weighted by atomic mass is 32.2. The molecular formula is C17H15F5N2O4S. The summed E-state index contributed by atoms with van der Waals surface area (Å²) in [5, 5.41) is 2.32. The third-order valence-corrected chi connectivity index (χ3v) is 4.98. The summed E-state index contributed by atoms with van der Waals surface area (Å²) in [5.41, 5.74) is -0.967. The van der Waals surface area contributed by atoms with Crippen molar-refractivity contribution in [2.45, 2.75) is 24.2 Å². The van der Waals surface area contributed by atoms with Gasteiger partial charge in [-0.2, -0.15) is 22.0 Å². The summed E-state index contributed by atoms with van der Waals surface area (Å²) in [6.45, 7) is -3.98. The molecule has 0 saturated heterocycles. The van der Waals surface area contributed by atoms with Crippen LogP contribution in [0.1, 0.15) is 11.1 Å². The van der Waals surface area contributed by atoms with E-state index in [4.69, 9.17) is 0 Å². The summed E-state index contributed by atoms with van der Waals surface area (Å²) >= 11 is 0. The largest absolute Gasteiger partial charge is 0.435 e. The molecule has 6 nitrogen and oxygen atoms in total. The number of halogens is 5. The van der Waals surface area contributed by atoms with Gasteiger partial charge in [0.1, 0.15) is 5.75 Å². The van der Waals surface area contributed by atoms with E-state index in [9.17, 15) is 35.2 Å². The minimum absolute atomic E-state index is 0.129. The summed E-state index contributed by atoms with van der Waals surface area (Å²) in [6.07, 6.45) is -4.89. The Kier molecular flexibility index (Phi) is 7.14. The minimum Gasteiger partial charge on any atom is -0.435 e. The van der Waals surface area contributed by atoms with E-state index in [0.717, 1.165) is 18.2 Å². The zero-order chi connectivity index (χ0) is 21.7. The second kappa shape index (κ2) is 9.18. The van der Waals surface area contributed by atoms with Crippen LogP contribution in [0.2, 0.25) is 0 Å². The first-order chi connectivity index (χ1) is 13.5. The molecule has 0 radical (unpaired) electrons. The van der Waals surface area contributed by atoms with Gasteiger partial charge in [-0.1, -0.05) is 24.3 Å². The number of sulfonamides is 1. The first-order valence-corrected chi connectivity index (χ1v) is 9.44. The van der Waals surface area contributed by atoms with Crippen LogP contribution in [-0.2, 0) is 27.5 Å². The van der Waals surface area contributed by atoms with Gasteiger partial charge in [0.25, 0.3) is 0 Å². The standard InChI is InChI=1S/C17H15F5N2O4S/c18-16(19)28-12-5-3-4-11(8-12)9-23-15(25)10-24-29(26,27)14-7-2-1-6-13(14)17(20,21)22/h1-8,16,24H,9-10H2,(H,23,25). The maximum atomic E-state index is 13.0. The van der Waals surface area contributed by atoms with Crippen LogP contribution >= 0.6 is 0 Å². The molecule has 1 amide bonds. The van der Waals surface area contributed by atoms with E-state index in [2.05, 4.69) is 10.1 Å². The number of ether oxygens (including phenoxy) is 1. The van der Waals surface area contributed by atoms with Gasteiger partial charge in [-0.15, -0.1) is 0 Å². The average molecular weight is 438 g/mol. The third-order valence-electron chi connectivity index (χ3n) is 3.52. The summed E-state index contributed by atoms with van der Waals surface area (Å²) < 4.78 is 93.6. The predicted molar refractivity (Wildman–Crippen MR) is 91.6 cm³/mol. The monoisotopic (exact) mass is 438 g/mol. The Hall–Kier alpha value is -2.73. The number of hydrogen-bond acceptors (Lipinski definition) is 4. The first kappa shape index (κ1) is 22.6. The molecule has 29 heavy (non-hydrogen) atoms. The van der Waals surface area contributed by atoms with Gasteiger partial charge >= 0.3 is 12.8 Å².